The third-order valence-electron chi connectivity index (χ3n) is 0.557. The van der Waals surface area contributed by atoms with Gasteiger partial charge in [-0.2, -0.15) is 0 Å². The van der Waals surface area contributed by atoms with E-state index < -0.39 is 0 Å². The summed E-state index contributed by atoms with van der Waals surface area (Å²) in [7, 11) is 0. The first-order valence-electron chi connectivity index (χ1n) is 2.54. The molecule has 0 aliphatic heterocycles. The van der Waals surface area contributed by atoms with Crippen molar-refractivity contribution in [2.75, 3.05) is 5.75 Å². The van der Waals surface area contributed by atoms with Crippen LogP contribution < -0.4 is 0 Å². The van der Waals surface area contributed by atoms with Gasteiger partial charge < -0.3 is 0 Å². The van der Waals surface area contributed by atoms with E-state index in [1.807, 2.05) is 11.8 Å². The standard InChI is InChI=1S/C5H11S2/c1-3-4-7-5(2)6/h5H,3-4H2,1-2H3. The highest BCUT2D eigenvalue weighted by Gasteiger charge is 1.90. The van der Waals surface area contributed by atoms with Crippen molar-refractivity contribution in [1.82, 2.24) is 0 Å². The van der Waals surface area contributed by atoms with E-state index in [9.17, 15) is 0 Å². The van der Waals surface area contributed by atoms with E-state index in [0.717, 1.165) is 0 Å². The summed E-state index contributed by atoms with van der Waals surface area (Å²) < 4.78 is 0.403. The van der Waals surface area contributed by atoms with Crippen molar-refractivity contribution in [1.29, 1.82) is 0 Å². The number of thioether (sulfide) groups is 1. The van der Waals surface area contributed by atoms with Crippen LogP contribution in [0.1, 0.15) is 20.3 Å². The first-order valence-corrected chi connectivity index (χ1v) is 4.06. The zero-order valence-corrected chi connectivity index (χ0v) is 6.44. The highest BCUT2D eigenvalue weighted by Crippen LogP contribution is 2.13. The van der Waals surface area contributed by atoms with Crippen LogP contribution in [0.5, 0.6) is 0 Å². The van der Waals surface area contributed by atoms with Gasteiger partial charge in [0.05, 0.1) is 4.58 Å². The highest BCUT2D eigenvalue weighted by molar-refractivity contribution is 8.10. The predicted molar refractivity (Wildman–Crippen MR) is 39.8 cm³/mol. The summed E-state index contributed by atoms with van der Waals surface area (Å²) in [5, 5.41) is 0. The topological polar surface area (TPSA) is 0 Å². The van der Waals surface area contributed by atoms with Crippen molar-refractivity contribution in [3.63, 3.8) is 0 Å². The van der Waals surface area contributed by atoms with Crippen molar-refractivity contribution < 1.29 is 0 Å². The lowest BCUT2D eigenvalue weighted by atomic mass is 10.6. The van der Waals surface area contributed by atoms with E-state index in [0.29, 0.717) is 4.58 Å². The molecule has 0 fully saturated rings. The molecular formula is C5H11S2. The monoisotopic (exact) mass is 135 g/mol. The maximum atomic E-state index is 4.91. The van der Waals surface area contributed by atoms with Crippen molar-refractivity contribution >= 4 is 24.4 Å². The minimum Gasteiger partial charge on any atom is -0.147 e. The molecule has 0 saturated carbocycles. The van der Waals surface area contributed by atoms with E-state index in [2.05, 4.69) is 13.8 Å². The molecule has 0 rings (SSSR count). The molecule has 0 spiro atoms. The van der Waals surface area contributed by atoms with Crippen LogP contribution in [-0.2, 0) is 0 Å². The highest BCUT2D eigenvalue weighted by atomic mass is 32.2. The molecule has 0 N–H and O–H groups in total. The van der Waals surface area contributed by atoms with Gasteiger partial charge in [-0.25, -0.2) is 0 Å². The van der Waals surface area contributed by atoms with Gasteiger partial charge in [-0.05, 0) is 19.1 Å². The summed E-state index contributed by atoms with van der Waals surface area (Å²) in [6.07, 6.45) is 1.24. The van der Waals surface area contributed by atoms with Gasteiger partial charge in [0.25, 0.3) is 0 Å². The van der Waals surface area contributed by atoms with Gasteiger partial charge in [-0.3, -0.25) is 0 Å². The minimum absolute atomic E-state index is 0.403. The Morgan fingerprint density at radius 2 is 2.29 bits per heavy atom. The maximum Gasteiger partial charge on any atom is 0.0578 e. The Morgan fingerprint density at radius 1 is 1.71 bits per heavy atom. The summed E-state index contributed by atoms with van der Waals surface area (Å²) in [5.41, 5.74) is 0. The maximum absolute atomic E-state index is 4.91. The van der Waals surface area contributed by atoms with E-state index in [1.54, 1.807) is 0 Å². The Hall–Kier alpha value is 0.700. The number of rotatable bonds is 3. The van der Waals surface area contributed by atoms with E-state index in [-0.39, 0.29) is 0 Å². The molecule has 1 radical (unpaired) electrons. The molecule has 0 nitrogen and oxygen atoms in total. The van der Waals surface area contributed by atoms with Crippen LogP contribution in [0.15, 0.2) is 0 Å². The molecule has 0 saturated heterocycles. The molecule has 1 atom stereocenters. The SMILES string of the molecule is CCCSC(C)[S]. The van der Waals surface area contributed by atoms with Crippen LogP contribution in [-0.4, -0.2) is 10.3 Å². The predicted octanol–water partition coefficient (Wildman–Crippen LogP) is 2.67. The summed E-state index contributed by atoms with van der Waals surface area (Å²) in [4.78, 5) is 0. The lowest BCUT2D eigenvalue weighted by Crippen LogP contribution is -1.83. The quantitative estimate of drug-likeness (QED) is 0.573. The molecule has 2 heteroatoms. The average molecular weight is 135 g/mol. The van der Waals surface area contributed by atoms with Crippen LogP contribution in [0.2, 0.25) is 0 Å². The lowest BCUT2D eigenvalue weighted by Gasteiger charge is -1.97. The molecule has 0 bridgehead atoms. The van der Waals surface area contributed by atoms with Crippen LogP contribution in [0.4, 0.5) is 0 Å². The second-order valence-corrected chi connectivity index (χ2v) is 3.89. The summed E-state index contributed by atoms with van der Waals surface area (Å²) in [6.45, 7) is 4.22. The molecular weight excluding hydrogens is 124 g/mol. The first kappa shape index (κ1) is 7.70. The molecule has 0 aromatic heterocycles. The average Bonchev–Trinajstić information content (AvgIpc) is 1.61. The molecule has 7 heavy (non-hydrogen) atoms. The zero-order valence-electron chi connectivity index (χ0n) is 4.81. The van der Waals surface area contributed by atoms with Crippen LogP contribution in [0, 0.1) is 0 Å². The van der Waals surface area contributed by atoms with E-state index in [1.165, 1.54) is 12.2 Å². The Kier molecular flexibility index (Phi) is 5.33. The Bertz CT molecular complexity index is 35.1. The zero-order chi connectivity index (χ0) is 5.70. The van der Waals surface area contributed by atoms with Crippen molar-refractivity contribution in [2.45, 2.75) is 24.9 Å². The normalized spacial score (nSPS) is 14.1. The molecule has 0 aliphatic rings. The van der Waals surface area contributed by atoms with Gasteiger partial charge >= 0.3 is 0 Å². The molecule has 1 unspecified atom stereocenters. The summed E-state index contributed by atoms with van der Waals surface area (Å²) in [5.74, 6) is 1.21. The fourth-order valence-electron chi connectivity index (χ4n) is 0.284. The molecule has 0 amide bonds. The third kappa shape index (κ3) is 6.70. The van der Waals surface area contributed by atoms with Crippen LogP contribution in [0.3, 0.4) is 0 Å². The molecule has 0 aliphatic carbocycles. The Labute approximate surface area is 55.5 Å². The fourth-order valence-corrected chi connectivity index (χ4v) is 1.14. The lowest BCUT2D eigenvalue weighted by molar-refractivity contribution is 1.10. The largest absolute Gasteiger partial charge is 0.147 e. The van der Waals surface area contributed by atoms with Crippen LogP contribution >= 0.6 is 24.4 Å². The molecule has 0 aromatic carbocycles. The smallest absolute Gasteiger partial charge is 0.0578 e. The minimum atomic E-state index is 0.403. The van der Waals surface area contributed by atoms with Gasteiger partial charge in [-0.15, -0.1) is 11.8 Å². The van der Waals surface area contributed by atoms with Crippen molar-refractivity contribution in [2.24, 2.45) is 0 Å². The first-order chi connectivity index (χ1) is 3.27. The molecule has 43 valence electrons. The third-order valence-corrected chi connectivity index (χ3v) is 2.08. The van der Waals surface area contributed by atoms with Gasteiger partial charge in [0.15, 0.2) is 0 Å². The van der Waals surface area contributed by atoms with Crippen molar-refractivity contribution in [3.05, 3.63) is 0 Å². The van der Waals surface area contributed by atoms with Crippen molar-refractivity contribution in [3.8, 4) is 0 Å². The Balaban J connectivity index is 2.68. The number of hydrogen-bond donors (Lipinski definition) is 0. The summed E-state index contributed by atoms with van der Waals surface area (Å²) >= 11 is 6.75. The number of hydrogen-bond acceptors (Lipinski definition) is 1. The van der Waals surface area contributed by atoms with E-state index >= 15 is 0 Å². The molecule has 0 aromatic rings. The van der Waals surface area contributed by atoms with Gasteiger partial charge in [0.2, 0.25) is 0 Å². The van der Waals surface area contributed by atoms with Gasteiger partial charge in [0.1, 0.15) is 0 Å². The fraction of sp³-hybridized carbons (Fsp3) is 1.00. The van der Waals surface area contributed by atoms with Crippen LogP contribution in [0.25, 0.3) is 0 Å². The second kappa shape index (κ2) is 4.85. The van der Waals surface area contributed by atoms with Gasteiger partial charge in [0, 0.05) is 0 Å². The summed E-state index contributed by atoms with van der Waals surface area (Å²) in [6, 6.07) is 0. The Morgan fingerprint density at radius 3 is 2.43 bits per heavy atom. The van der Waals surface area contributed by atoms with E-state index in [4.69, 9.17) is 12.6 Å². The second-order valence-electron chi connectivity index (χ2n) is 1.44. The molecule has 0 heterocycles. The van der Waals surface area contributed by atoms with Gasteiger partial charge in [-0.1, -0.05) is 19.6 Å².